The molecule has 1 aliphatic heterocycles. The second kappa shape index (κ2) is 4.34. The normalized spacial score (nSPS) is 24.6. The zero-order chi connectivity index (χ0) is 11.9. The van der Waals surface area contributed by atoms with Crippen molar-refractivity contribution in [2.75, 3.05) is 6.54 Å². The number of nitrogens with one attached hydrogen (secondary N) is 1. The van der Waals surface area contributed by atoms with Gasteiger partial charge in [0.2, 0.25) is 0 Å². The van der Waals surface area contributed by atoms with E-state index in [0.29, 0.717) is 0 Å². The molecule has 3 rings (SSSR count). The van der Waals surface area contributed by atoms with Gasteiger partial charge in [0.1, 0.15) is 5.01 Å². The minimum atomic E-state index is 0.135. The Morgan fingerprint density at radius 3 is 3.12 bits per heavy atom. The number of aromatic nitrogens is 1. The van der Waals surface area contributed by atoms with Crippen molar-refractivity contribution < 1.29 is 0 Å². The van der Waals surface area contributed by atoms with Crippen LogP contribution in [0.5, 0.6) is 0 Å². The first-order valence-electron chi connectivity index (χ1n) is 6.05. The molecule has 1 atom stereocenters. The Morgan fingerprint density at radius 2 is 2.41 bits per heavy atom. The fraction of sp³-hybridized carbons (Fsp3) is 0.462. The number of hydrogen-bond acceptors (Lipinski definition) is 3. The van der Waals surface area contributed by atoms with Crippen LogP contribution in [-0.4, -0.2) is 11.5 Å². The summed E-state index contributed by atoms with van der Waals surface area (Å²) in [5.74, 6) is 0. The smallest absolute Gasteiger partial charge is 0.114 e. The SMILES string of the molecule is CCC1(c2nc3cc(Br)ccc3s2)CCCN1. The second-order valence-electron chi connectivity index (χ2n) is 4.60. The number of hydrogen-bond donors (Lipinski definition) is 1. The van der Waals surface area contributed by atoms with Gasteiger partial charge in [-0.2, -0.15) is 0 Å². The van der Waals surface area contributed by atoms with Gasteiger partial charge in [0.05, 0.1) is 15.8 Å². The van der Waals surface area contributed by atoms with Crippen molar-refractivity contribution in [2.24, 2.45) is 0 Å². The molecule has 1 N–H and O–H groups in total. The van der Waals surface area contributed by atoms with E-state index in [1.54, 1.807) is 0 Å². The molecule has 0 spiro atoms. The van der Waals surface area contributed by atoms with Crippen molar-refractivity contribution in [3.05, 3.63) is 27.7 Å². The molecule has 17 heavy (non-hydrogen) atoms. The number of fused-ring (bicyclic) bond motifs is 1. The molecule has 2 aromatic rings. The fourth-order valence-corrected chi connectivity index (χ4v) is 4.11. The highest BCUT2D eigenvalue weighted by molar-refractivity contribution is 9.10. The molecule has 0 aliphatic carbocycles. The lowest BCUT2D eigenvalue weighted by Gasteiger charge is -2.25. The van der Waals surface area contributed by atoms with Gasteiger partial charge in [-0.05, 0) is 44.0 Å². The lowest BCUT2D eigenvalue weighted by Crippen LogP contribution is -2.35. The van der Waals surface area contributed by atoms with Crippen LogP contribution in [0.15, 0.2) is 22.7 Å². The van der Waals surface area contributed by atoms with E-state index in [2.05, 4.69) is 46.4 Å². The first kappa shape index (κ1) is 11.6. The summed E-state index contributed by atoms with van der Waals surface area (Å²) >= 11 is 5.34. The van der Waals surface area contributed by atoms with E-state index >= 15 is 0 Å². The molecule has 0 bridgehead atoms. The summed E-state index contributed by atoms with van der Waals surface area (Å²) in [6.07, 6.45) is 3.59. The van der Waals surface area contributed by atoms with Crippen LogP contribution < -0.4 is 5.32 Å². The largest absolute Gasteiger partial charge is 0.305 e. The summed E-state index contributed by atoms with van der Waals surface area (Å²) in [6.45, 7) is 3.37. The quantitative estimate of drug-likeness (QED) is 0.905. The Balaban J connectivity index is 2.11. The summed E-state index contributed by atoms with van der Waals surface area (Å²) in [7, 11) is 0. The van der Waals surface area contributed by atoms with Crippen molar-refractivity contribution in [3.63, 3.8) is 0 Å². The van der Waals surface area contributed by atoms with Crippen molar-refractivity contribution in [3.8, 4) is 0 Å². The van der Waals surface area contributed by atoms with Gasteiger partial charge in [0.25, 0.3) is 0 Å². The molecule has 1 aliphatic rings. The second-order valence-corrected chi connectivity index (χ2v) is 6.54. The van der Waals surface area contributed by atoms with E-state index < -0.39 is 0 Å². The first-order chi connectivity index (χ1) is 8.23. The average molecular weight is 311 g/mol. The van der Waals surface area contributed by atoms with E-state index in [-0.39, 0.29) is 5.54 Å². The van der Waals surface area contributed by atoms with E-state index in [4.69, 9.17) is 4.98 Å². The average Bonchev–Trinajstić information content (AvgIpc) is 2.94. The Morgan fingerprint density at radius 1 is 1.53 bits per heavy atom. The summed E-state index contributed by atoms with van der Waals surface area (Å²) in [4.78, 5) is 4.82. The molecular weight excluding hydrogens is 296 g/mol. The summed E-state index contributed by atoms with van der Waals surface area (Å²) < 4.78 is 2.39. The maximum atomic E-state index is 4.82. The number of nitrogens with zero attached hydrogens (tertiary/aromatic N) is 1. The molecule has 90 valence electrons. The number of thiazole rings is 1. The monoisotopic (exact) mass is 310 g/mol. The van der Waals surface area contributed by atoms with Gasteiger partial charge < -0.3 is 5.32 Å². The zero-order valence-electron chi connectivity index (χ0n) is 9.79. The first-order valence-corrected chi connectivity index (χ1v) is 7.66. The molecule has 1 aromatic carbocycles. The molecule has 0 radical (unpaired) electrons. The van der Waals surface area contributed by atoms with Crippen LogP contribution in [0.1, 0.15) is 31.2 Å². The molecule has 2 nitrogen and oxygen atoms in total. The van der Waals surface area contributed by atoms with Gasteiger partial charge in [-0.3, -0.25) is 0 Å². The standard InChI is InChI=1S/C13H15BrN2S/c1-2-13(6-3-7-15-13)12-16-10-8-9(14)4-5-11(10)17-12/h4-5,8,15H,2-3,6-7H2,1H3. The third kappa shape index (κ3) is 1.92. The minimum Gasteiger partial charge on any atom is -0.305 e. The summed E-state index contributed by atoms with van der Waals surface area (Å²) in [6, 6.07) is 6.34. The van der Waals surface area contributed by atoms with Crippen LogP contribution in [0, 0.1) is 0 Å². The van der Waals surface area contributed by atoms with Crippen LogP contribution >= 0.6 is 27.3 Å². The van der Waals surface area contributed by atoms with E-state index in [1.807, 2.05) is 11.3 Å². The Hall–Kier alpha value is -0.450. The van der Waals surface area contributed by atoms with Crippen molar-refractivity contribution in [2.45, 2.75) is 31.7 Å². The maximum absolute atomic E-state index is 4.82. The molecular formula is C13H15BrN2S. The van der Waals surface area contributed by atoms with E-state index in [9.17, 15) is 0 Å². The highest BCUT2D eigenvalue weighted by atomic mass is 79.9. The van der Waals surface area contributed by atoms with Gasteiger partial charge in [0, 0.05) is 4.47 Å². The van der Waals surface area contributed by atoms with Crippen LogP contribution in [0.4, 0.5) is 0 Å². The Kier molecular flexibility index (Phi) is 2.97. The lowest BCUT2D eigenvalue weighted by molar-refractivity contribution is 0.375. The molecule has 0 amide bonds. The number of halogens is 1. The topological polar surface area (TPSA) is 24.9 Å². The predicted octanol–water partition coefficient (Wildman–Crippen LogP) is 4.05. The van der Waals surface area contributed by atoms with E-state index in [0.717, 1.165) is 23.0 Å². The number of benzene rings is 1. The minimum absolute atomic E-state index is 0.135. The van der Waals surface area contributed by atoms with Crippen molar-refractivity contribution >= 4 is 37.5 Å². The molecule has 2 heterocycles. The van der Waals surface area contributed by atoms with Gasteiger partial charge in [0.15, 0.2) is 0 Å². The van der Waals surface area contributed by atoms with Gasteiger partial charge >= 0.3 is 0 Å². The van der Waals surface area contributed by atoms with Gasteiger partial charge in [-0.15, -0.1) is 11.3 Å². The third-order valence-electron chi connectivity index (χ3n) is 3.61. The Labute approximate surface area is 114 Å². The third-order valence-corrected chi connectivity index (χ3v) is 5.34. The van der Waals surface area contributed by atoms with Crippen molar-refractivity contribution in [1.82, 2.24) is 10.3 Å². The van der Waals surface area contributed by atoms with Crippen LogP contribution in [0.2, 0.25) is 0 Å². The maximum Gasteiger partial charge on any atom is 0.114 e. The lowest BCUT2D eigenvalue weighted by atomic mass is 9.95. The highest BCUT2D eigenvalue weighted by Gasteiger charge is 2.36. The highest BCUT2D eigenvalue weighted by Crippen LogP contribution is 2.38. The van der Waals surface area contributed by atoms with E-state index in [1.165, 1.54) is 22.5 Å². The summed E-state index contributed by atoms with van der Waals surface area (Å²) in [5.41, 5.74) is 1.25. The molecule has 4 heteroatoms. The van der Waals surface area contributed by atoms with Gasteiger partial charge in [-0.1, -0.05) is 22.9 Å². The fourth-order valence-electron chi connectivity index (χ4n) is 2.55. The Bertz CT molecular complexity index is 543. The molecule has 1 aromatic heterocycles. The van der Waals surface area contributed by atoms with Crippen LogP contribution in [-0.2, 0) is 5.54 Å². The molecule has 0 saturated carbocycles. The summed E-state index contributed by atoms with van der Waals surface area (Å²) in [5, 5.41) is 4.90. The number of rotatable bonds is 2. The molecule has 1 saturated heterocycles. The van der Waals surface area contributed by atoms with Gasteiger partial charge in [-0.25, -0.2) is 4.98 Å². The molecule has 1 fully saturated rings. The van der Waals surface area contributed by atoms with Crippen molar-refractivity contribution in [1.29, 1.82) is 0 Å². The molecule has 1 unspecified atom stereocenters. The van der Waals surface area contributed by atoms with Crippen LogP contribution in [0.3, 0.4) is 0 Å². The van der Waals surface area contributed by atoms with Crippen LogP contribution in [0.25, 0.3) is 10.2 Å². The zero-order valence-corrected chi connectivity index (χ0v) is 12.2. The predicted molar refractivity (Wildman–Crippen MR) is 76.5 cm³/mol.